The van der Waals surface area contributed by atoms with Gasteiger partial charge in [-0.25, -0.2) is 13.0 Å². The number of hydrogen-bond donors (Lipinski definition) is 2. The van der Waals surface area contributed by atoms with E-state index in [0.717, 1.165) is 35.2 Å². The molecule has 0 bridgehead atoms. The molecule has 1 aliphatic carbocycles. The molecule has 2 aliphatic rings. The van der Waals surface area contributed by atoms with Gasteiger partial charge in [0.05, 0.1) is 4.91 Å². The first kappa shape index (κ1) is 19.6. The van der Waals surface area contributed by atoms with Gasteiger partial charge < -0.3 is 5.11 Å². The van der Waals surface area contributed by atoms with Gasteiger partial charge in [-0.05, 0) is 65.4 Å². The molecular formula is C24H17F2NO3S. The van der Waals surface area contributed by atoms with Crippen molar-refractivity contribution in [2.45, 2.75) is 18.8 Å². The Labute approximate surface area is 179 Å². The molecule has 3 aromatic carbocycles. The van der Waals surface area contributed by atoms with Gasteiger partial charge in [-0.2, -0.15) is 0 Å². The van der Waals surface area contributed by atoms with Crippen LogP contribution in [0.1, 0.15) is 34.6 Å². The number of carbonyl (C=O) groups excluding carboxylic acids is 1. The Kier molecular flexibility index (Phi) is 4.70. The van der Waals surface area contributed by atoms with E-state index in [0.29, 0.717) is 17.5 Å². The number of phenols is 1. The molecule has 3 aromatic rings. The van der Waals surface area contributed by atoms with Crippen molar-refractivity contribution < 1.29 is 22.9 Å². The van der Waals surface area contributed by atoms with Crippen LogP contribution in [0.2, 0.25) is 0 Å². The van der Waals surface area contributed by atoms with Gasteiger partial charge in [0.25, 0.3) is 5.91 Å². The Hall–Kier alpha value is -3.32. The van der Waals surface area contributed by atoms with Crippen molar-refractivity contribution in [2.75, 3.05) is 0 Å². The lowest BCUT2D eigenvalue weighted by Gasteiger charge is -2.16. The van der Waals surface area contributed by atoms with Crippen molar-refractivity contribution in [3.63, 3.8) is 0 Å². The van der Waals surface area contributed by atoms with E-state index in [9.17, 15) is 22.9 Å². The molecule has 0 radical (unpaired) electrons. The van der Waals surface area contributed by atoms with Crippen molar-refractivity contribution in [2.24, 2.45) is 0 Å². The molecule has 1 aliphatic heterocycles. The summed E-state index contributed by atoms with van der Waals surface area (Å²) in [6.45, 7) is 0. The molecule has 7 heteroatoms. The van der Waals surface area contributed by atoms with E-state index in [-0.39, 0.29) is 22.1 Å². The summed E-state index contributed by atoms with van der Waals surface area (Å²) in [7, 11) is -1.69. The molecule has 156 valence electrons. The Morgan fingerprint density at radius 1 is 1.00 bits per heavy atom. The van der Waals surface area contributed by atoms with Gasteiger partial charge in [-0.3, -0.25) is 9.52 Å². The van der Waals surface area contributed by atoms with Crippen molar-refractivity contribution in [1.82, 2.24) is 4.72 Å². The number of benzene rings is 3. The third kappa shape index (κ3) is 3.35. The van der Waals surface area contributed by atoms with E-state index in [4.69, 9.17) is 0 Å². The molecule has 31 heavy (non-hydrogen) atoms. The number of fused-ring (bicyclic) bond motifs is 1. The number of rotatable bonds is 3. The normalized spacial score (nSPS) is 19.8. The second kappa shape index (κ2) is 7.42. The number of amides is 1. The highest BCUT2D eigenvalue weighted by Crippen LogP contribution is 2.44. The molecular weight excluding hydrogens is 420 g/mol. The lowest BCUT2D eigenvalue weighted by molar-refractivity contribution is -0.114. The van der Waals surface area contributed by atoms with Crippen molar-refractivity contribution in [1.29, 1.82) is 0 Å². The minimum Gasteiger partial charge on any atom is -0.507 e. The van der Waals surface area contributed by atoms with Crippen LogP contribution < -0.4 is 4.72 Å². The van der Waals surface area contributed by atoms with Crippen LogP contribution in [-0.2, 0) is 22.2 Å². The predicted octanol–water partition coefficient (Wildman–Crippen LogP) is 4.55. The number of halogens is 2. The molecule has 0 spiro atoms. The van der Waals surface area contributed by atoms with Gasteiger partial charge in [0.1, 0.15) is 17.4 Å². The standard InChI is InChI=1S/C24H17F2NO3S/c25-14-5-9-21(26)20(11-14)17-3-1-2-16-15(7-8-18(16)17)13-4-6-19(22(28)10-13)23-12-24(29)27-31(23)30/h1-6,9-12,15,28H,7-8H2,(H,27,29)/t15-,31?/m1/s1. The topological polar surface area (TPSA) is 66.4 Å². The molecule has 0 saturated carbocycles. The average Bonchev–Trinajstić information content (AvgIpc) is 3.32. The van der Waals surface area contributed by atoms with E-state index >= 15 is 0 Å². The fourth-order valence-corrected chi connectivity index (χ4v) is 5.39. The first-order valence-corrected chi connectivity index (χ1v) is 10.9. The number of carbonyl (C=O) groups is 1. The highest BCUT2D eigenvalue weighted by atomic mass is 32.2. The maximum absolute atomic E-state index is 14.4. The second-order valence-corrected chi connectivity index (χ2v) is 8.79. The van der Waals surface area contributed by atoms with E-state index in [1.165, 1.54) is 12.1 Å². The van der Waals surface area contributed by atoms with Gasteiger partial charge in [0.15, 0.2) is 11.0 Å². The number of aromatic hydroxyl groups is 1. The molecule has 0 aromatic heterocycles. The van der Waals surface area contributed by atoms with Gasteiger partial charge in [-0.1, -0.05) is 24.3 Å². The summed E-state index contributed by atoms with van der Waals surface area (Å²) >= 11 is 0. The van der Waals surface area contributed by atoms with Crippen LogP contribution in [-0.4, -0.2) is 15.2 Å². The Balaban J connectivity index is 1.54. The minimum atomic E-state index is -1.69. The van der Waals surface area contributed by atoms with Crippen LogP contribution in [0.3, 0.4) is 0 Å². The number of nitrogens with one attached hydrogen (secondary N) is 1. The number of hydrogen-bond acceptors (Lipinski definition) is 3. The second-order valence-electron chi connectivity index (χ2n) is 7.61. The van der Waals surface area contributed by atoms with Crippen LogP contribution >= 0.6 is 0 Å². The van der Waals surface area contributed by atoms with Crippen LogP contribution in [0.4, 0.5) is 8.78 Å². The van der Waals surface area contributed by atoms with Gasteiger partial charge in [0, 0.05) is 23.1 Å². The fraction of sp³-hybridized carbons (Fsp3) is 0.125. The lowest BCUT2D eigenvalue weighted by atomic mass is 9.90. The zero-order valence-electron chi connectivity index (χ0n) is 16.2. The predicted molar refractivity (Wildman–Crippen MR) is 114 cm³/mol. The van der Waals surface area contributed by atoms with Crippen molar-refractivity contribution in [3.8, 4) is 16.9 Å². The summed E-state index contributed by atoms with van der Waals surface area (Å²) in [6.07, 6.45) is 2.68. The first-order chi connectivity index (χ1) is 14.9. The summed E-state index contributed by atoms with van der Waals surface area (Å²) in [6, 6.07) is 14.2. The Morgan fingerprint density at radius 2 is 1.84 bits per heavy atom. The highest BCUT2D eigenvalue weighted by molar-refractivity contribution is 7.94. The number of phenolic OH excluding ortho intramolecular Hbond substituents is 1. The van der Waals surface area contributed by atoms with Crippen LogP contribution in [0.5, 0.6) is 5.75 Å². The van der Waals surface area contributed by atoms with Gasteiger partial charge >= 0.3 is 0 Å². The molecule has 0 saturated heterocycles. The quantitative estimate of drug-likeness (QED) is 0.632. The molecule has 2 N–H and O–H groups in total. The zero-order valence-corrected chi connectivity index (χ0v) is 17.0. The van der Waals surface area contributed by atoms with Crippen molar-refractivity contribution in [3.05, 3.63) is 94.6 Å². The molecule has 4 nitrogen and oxygen atoms in total. The summed E-state index contributed by atoms with van der Waals surface area (Å²) in [4.78, 5) is 11.7. The maximum Gasteiger partial charge on any atom is 0.257 e. The van der Waals surface area contributed by atoms with Crippen molar-refractivity contribution >= 4 is 21.8 Å². The van der Waals surface area contributed by atoms with Crippen LogP contribution in [0, 0.1) is 11.6 Å². The van der Waals surface area contributed by atoms with Crippen LogP contribution in [0.15, 0.2) is 60.7 Å². The average molecular weight is 437 g/mol. The summed E-state index contributed by atoms with van der Waals surface area (Å²) in [5.41, 5.74) is 4.09. The highest BCUT2D eigenvalue weighted by Gasteiger charge is 2.29. The first-order valence-electron chi connectivity index (χ1n) is 9.77. The third-order valence-corrected chi connectivity index (χ3v) is 6.96. The monoisotopic (exact) mass is 437 g/mol. The molecule has 1 unspecified atom stereocenters. The molecule has 1 amide bonds. The summed E-state index contributed by atoms with van der Waals surface area (Å²) in [5.74, 6) is -1.50. The summed E-state index contributed by atoms with van der Waals surface area (Å²) in [5, 5.41) is 10.6. The molecule has 2 atom stereocenters. The Bertz CT molecular complexity index is 1300. The molecule has 0 fully saturated rings. The van der Waals surface area contributed by atoms with E-state index in [2.05, 4.69) is 4.72 Å². The molecule has 5 rings (SSSR count). The fourth-order valence-electron chi connectivity index (χ4n) is 4.46. The maximum atomic E-state index is 14.4. The zero-order chi connectivity index (χ0) is 21.7. The Morgan fingerprint density at radius 3 is 2.58 bits per heavy atom. The SMILES string of the molecule is O=C1C=C(c2ccc([C@H]3CCc4c(-c5cc(F)ccc5F)cccc43)cc2O)S(=O)N1. The van der Waals surface area contributed by atoms with Gasteiger partial charge in [-0.15, -0.1) is 0 Å². The van der Waals surface area contributed by atoms with Gasteiger partial charge in [0.2, 0.25) is 0 Å². The van der Waals surface area contributed by atoms with Crippen LogP contribution in [0.25, 0.3) is 16.0 Å². The summed E-state index contributed by atoms with van der Waals surface area (Å²) < 4.78 is 42.4. The molecule has 1 heterocycles. The van der Waals surface area contributed by atoms with E-state index in [1.807, 2.05) is 18.2 Å². The minimum absolute atomic E-state index is 0.0191. The van der Waals surface area contributed by atoms with E-state index in [1.54, 1.807) is 18.2 Å². The smallest absolute Gasteiger partial charge is 0.257 e. The largest absolute Gasteiger partial charge is 0.507 e. The van der Waals surface area contributed by atoms with E-state index < -0.39 is 28.5 Å². The lowest BCUT2D eigenvalue weighted by Crippen LogP contribution is -2.16. The third-order valence-electron chi connectivity index (χ3n) is 5.83.